The lowest BCUT2D eigenvalue weighted by molar-refractivity contribution is -0.158. The van der Waals surface area contributed by atoms with Crippen LogP contribution in [0.5, 0.6) is 0 Å². The van der Waals surface area contributed by atoms with E-state index >= 15 is 0 Å². The van der Waals surface area contributed by atoms with E-state index in [4.69, 9.17) is 5.73 Å². The second kappa shape index (κ2) is 7.84. The number of hydrogen-bond donors (Lipinski definition) is 2. The Bertz CT molecular complexity index is 377. The van der Waals surface area contributed by atoms with Crippen LogP contribution in [0.3, 0.4) is 0 Å². The lowest BCUT2D eigenvalue weighted by atomic mass is 10.0. The third-order valence-electron chi connectivity index (χ3n) is 3.05. The van der Waals surface area contributed by atoms with Crippen molar-refractivity contribution in [1.82, 2.24) is 10.2 Å². The highest BCUT2D eigenvalue weighted by molar-refractivity contribution is 5.90. The summed E-state index contributed by atoms with van der Waals surface area (Å²) in [6, 6.07) is -1.65. The summed E-state index contributed by atoms with van der Waals surface area (Å²) in [6.07, 6.45) is -3.79. The first kappa shape index (κ1) is 20.0. The molecule has 1 heterocycles. The molecule has 0 aromatic rings. The maximum atomic E-state index is 12.2. The van der Waals surface area contributed by atoms with E-state index in [0.717, 1.165) is 0 Å². The monoisotopic (exact) mass is 331 g/mol. The van der Waals surface area contributed by atoms with Gasteiger partial charge in [0.15, 0.2) is 0 Å². The number of amides is 2. The van der Waals surface area contributed by atoms with E-state index in [0.29, 0.717) is 11.3 Å². The number of nitrogens with two attached hydrogens (primary N) is 1. The van der Waals surface area contributed by atoms with Crippen molar-refractivity contribution in [2.75, 3.05) is 13.1 Å². The third-order valence-corrected chi connectivity index (χ3v) is 3.05. The Kier molecular flexibility index (Phi) is 7.46. The molecular formula is C12H21ClF3N3O2. The van der Waals surface area contributed by atoms with Gasteiger partial charge in [-0.1, -0.05) is 13.8 Å². The normalized spacial score (nSPS) is 20.4. The van der Waals surface area contributed by atoms with Gasteiger partial charge in [0, 0.05) is 6.54 Å². The van der Waals surface area contributed by atoms with E-state index in [1.54, 1.807) is 0 Å². The van der Waals surface area contributed by atoms with E-state index in [-0.39, 0.29) is 31.3 Å². The topological polar surface area (TPSA) is 75.4 Å². The number of nitrogens with zero attached hydrogens (tertiary/aromatic N) is 1. The van der Waals surface area contributed by atoms with Crippen molar-refractivity contribution < 1.29 is 22.8 Å². The zero-order valence-corrected chi connectivity index (χ0v) is 12.8. The van der Waals surface area contributed by atoms with Gasteiger partial charge < -0.3 is 16.0 Å². The molecule has 21 heavy (non-hydrogen) atoms. The number of halogens is 4. The zero-order chi connectivity index (χ0) is 15.5. The summed E-state index contributed by atoms with van der Waals surface area (Å²) in [5.41, 5.74) is 5.66. The average molecular weight is 332 g/mol. The molecule has 1 unspecified atom stereocenters. The Balaban J connectivity index is 0.00000400. The Morgan fingerprint density at radius 1 is 1.48 bits per heavy atom. The van der Waals surface area contributed by atoms with Gasteiger partial charge in [0.2, 0.25) is 11.8 Å². The van der Waals surface area contributed by atoms with E-state index < -0.39 is 36.6 Å². The standard InChI is InChI=1S/C12H20F3N3O2.ClH/c1-7(2)5-8(16)10(19)17-9-3-4-18(11(9)20)6-12(13,14)15;/h7-9H,3-6,16H2,1-2H3,(H,17,19);1H/t8-,9?;/m0./s1. The Labute approximate surface area is 127 Å². The van der Waals surface area contributed by atoms with E-state index in [2.05, 4.69) is 5.32 Å². The number of nitrogens with one attached hydrogen (secondary N) is 1. The SMILES string of the molecule is CC(C)C[C@H](N)C(=O)NC1CCN(CC(F)(F)F)C1=O.Cl. The molecule has 0 saturated carbocycles. The third kappa shape index (κ3) is 6.52. The van der Waals surface area contributed by atoms with Crippen LogP contribution in [0.15, 0.2) is 0 Å². The van der Waals surface area contributed by atoms with Gasteiger partial charge in [0.1, 0.15) is 12.6 Å². The molecule has 2 atom stereocenters. The van der Waals surface area contributed by atoms with Gasteiger partial charge >= 0.3 is 6.18 Å². The van der Waals surface area contributed by atoms with E-state index in [1.807, 2.05) is 13.8 Å². The second-order valence-corrected chi connectivity index (χ2v) is 5.46. The van der Waals surface area contributed by atoms with Gasteiger partial charge in [-0.25, -0.2) is 0 Å². The molecule has 1 aliphatic rings. The molecule has 0 spiro atoms. The van der Waals surface area contributed by atoms with Gasteiger partial charge in [-0.05, 0) is 18.8 Å². The summed E-state index contributed by atoms with van der Waals surface area (Å²) in [6.45, 7) is 2.51. The molecule has 124 valence electrons. The molecule has 9 heteroatoms. The van der Waals surface area contributed by atoms with Crippen LogP contribution < -0.4 is 11.1 Å². The lowest BCUT2D eigenvalue weighted by Crippen LogP contribution is -2.49. The Morgan fingerprint density at radius 2 is 2.05 bits per heavy atom. The molecule has 2 amide bonds. The minimum absolute atomic E-state index is 0. The van der Waals surface area contributed by atoms with Gasteiger partial charge in [-0.2, -0.15) is 13.2 Å². The number of alkyl halides is 3. The first-order valence-corrected chi connectivity index (χ1v) is 6.51. The first-order chi connectivity index (χ1) is 9.10. The molecule has 1 saturated heterocycles. The first-order valence-electron chi connectivity index (χ1n) is 6.51. The van der Waals surface area contributed by atoms with Crippen molar-refractivity contribution in [1.29, 1.82) is 0 Å². The van der Waals surface area contributed by atoms with Crippen LogP contribution in [-0.4, -0.2) is 48.1 Å². The van der Waals surface area contributed by atoms with Crippen LogP contribution in [0.2, 0.25) is 0 Å². The van der Waals surface area contributed by atoms with Crippen LogP contribution >= 0.6 is 12.4 Å². The van der Waals surface area contributed by atoms with Gasteiger partial charge in [0.05, 0.1) is 6.04 Å². The summed E-state index contributed by atoms with van der Waals surface area (Å²) < 4.78 is 36.7. The van der Waals surface area contributed by atoms with E-state index in [9.17, 15) is 22.8 Å². The molecule has 0 aliphatic carbocycles. The molecule has 0 aromatic carbocycles. The minimum Gasteiger partial charge on any atom is -0.343 e. The van der Waals surface area contributed by atoms with Crippen molar-refractivity contribution in [2.24, 2.45) is 11.7 Å². The van der Waals surface area contributed by atoms with Gasteiger partial charge in [-0.15, -0.1) is 12.4 Å². The molecule has 1 rings (SSSR count). The molecule has 0 radical (unpaired) electrons. The number of hydrogen-bond acceptors (Lipinski definition) is 3. The molecule has 5 nitrogen and oxygen atoms in total. The number of rotatable bonds is 5. The van der Waals surface area contributed by atoms with Crippen LogP contribution in [0.1, 0.15) is 26.7 Å². The molecule has 0 bridgehead atoms. The van der Waals surface area contributed by atoms with Gasteiger partial charge in [0.25, 0.3) is 0 Å². The summed E-state index contributed by atoms with van der Waals surface area (Å²) in [7, 11) is 0. The van der Waals surface area contributed by atoms with Crippen LogP contribution in [0, 0.1) is 5.92 Å². The van der Waals surface area contributed by atoms with Crippen molar-refractivity contribution in [3.8, 4) is 0 Å². The number of carbonyl (C=O) groups excluding carboxylic acids is 2. The highest BCUT2D eigenvalue weighted by Crippen LogP contribution is 2.21. The summed E-state index contributed by atoms with van der Waals surface area (Å²) in [4.78, 5) is 24.2. The molecular weight excluding hydrogens is 311 g/mol. The van der Waals surface area contributed by atoms with Crippen LogP contribution in [-0.2, 0) is 9.59 Å². The number of likely N-dealkylation sites (tertiary alicyclic amines) is 1. The average Bonchev–Trinajstić information content (AvgIpc) is 2.58. The zero-order valence-electron chi connectivity index (χ0n) is 11.9. The summed E-state index contributed by atoms with van der Waals surface area (Å²) >= 11 is 0. The Hall–Kier alpha value is -1.02. The van der Waals surface area contributed by atoms with E-state index in [1.165, 1.54) is 0 Å². The summed E-state index contributed by atoms with van der Waals surface area (Å²) in [5, 5.41) is 2.43. The minimum atomic E-state index is -4.43. The molecule has 1 aliphatic heterocycles. The fourth-order valence-corrected chi connectivity index (χ4v) is 2.14. The van der Waals surface area contributed by atoms with Crippen molar-refractivity contribution >= 4 is 24.2 Å². The molecule has 0 aromatic heterocycles. The quantitative estimate of drug-likeness (QED) is 0.791. The second-order valence-electron chi connectivity index (χ2n) is 5.46. The maximum absolute atomic E-state index is 12.2. The smallest absolute Gasteiger partial charge is 0.343 e. The largest absolute Gasteiger partial charge is 0.406 e. The van der Waals surface area contributed by atoms with Crippen molar-refractivity contribution in [3.63, 3.8) is 0 Å². The predicted molar refractivity (Wildman–Crippen MR) is 73.9 cm³/mol. The van der Waals surface area contributed by atoms with Crippen molar-refractivity contribution in [3.05, 3.63) is 0 Å². The molecule has 3 N–H and O–H groups in total. The summed E-state index contributed by atoms with van der Waals surface area (Å²) in [5.74, 6) is -0.977. The maximum Gasteiger partial charge on any atom is 0.406 e. The highest BCUT2D eigenvalue weighted by Gasteiger charge is 2.40. The molecule has 1 fully saturated rings. The fraction of sp³-hybridized carbons (Fsp3) is 0.833. The van der Waals surface area contributed by atoms with Crippen LogP contribution in [0.25, 0.3) is 0 Å². The fourth-order valence-electron chi connectivity index (χ4n) is 2.14. The number of carbonyl (C=O) groups is 2. The lowest BCUT2D eigenvalue weighted by Gasteiger charge is -2.20. The van der Waals surface area contributed by atoms with Crippen molar-refractivity contribution in [2.45, 2.75) is 44.9 Å². The van der Waals surface area contributed by atoms with Crippen LogP contribution in [0.4, 0.5) is 13.2 Å². The predicted octanol–water partition coefficient (Wildman–Crippen LogP) is 1.06. The van der Waals surface area contributed by atoms with Gasteiger partial charge in [-0.3, -0.25) is 9.59 Å². The Morgan fingerprint density at radius 3 is 2.52 bits per heavy atom. The highest BCUT2D eigenvalue weighted by atomic mass is 35.5.